The van der Waals surface area contributed by atoms with Crippen LogP contribution >= 0.6 is 11.6 Å². The van der Waals surface area contributed by atoms with Crippen LogP contribution in [0.25, 0.3) is 33.3 Å². The molecule has 1 N–H and O–H groups in total. The summed E-state index contributed by atoms with van der Waals surface area (Å²) in [6.45, 7) is 7.71. The lowest BCUT2D eigenvalue weighted by molar-refractivity contribution is 0.0454. The average Bonchev–Trinajstić information content (AvgIpc) is 3.65. The summed E-state index contributed by atoms with van der Waals surface area (Å²) in [5.74, 6) is 0.539. The van der Waals surface area contributed by atoms with E-state index in [1.54, 1.807) is 13.2 Å². The predicted molar refractivity (Wildman–Crippen MR) is 174 cm³/mol. The number of carbonyl (C=O) groups is 1. The minimum atomic E-state index is -0.493. The molecule has 0 saturated carbocycles. The van der Waals surface area contributed by atoms with Gasteiger partial charge in [-0.3, -0.25) is 9.58 Å². The molecule has 0 unspecified atom stereocenters. The maximum Gasteiger partial charge on any atom is 0.355 e. The number of fused-ring (bicyclic) bond motifs is 1. The molecule has 3 aromatic carbocycles. The predicted octanol–water partition coefficient (Wildman–Crippen LogP) is 7.62. The van der Waals surface area contributed by atoms with Crippen molar-refractivity contribution in [3.05, 3.63) is 89.0 Å². The van der Waals surface area contributed by atoms with Gasteiger partial charge in [-0.25, -0.2) is 9.18 Å². The number of piperidine rings is 1. The lowest BCUT2D eigenvalue weighted by Crippen LogP contribution is -2.34. The largest absolute Gasteiger partial charge is 0.496 e. The lowest BCUT2D eigenvalue weighted by atomic mass is 9.96. The van der Waals surface area contributed by atoms with Gasteiger partial charge in [0.1, 0.15) is 23.0 Å². The molecule has 0 spiro atoms. The molecule has 5 aromatic rings. The Morgan fingerprint density at radius 1 is 1.09 bits per heavy atom. The van der Waals surface area contributed by atoms with Gasteiger partial charge in [0.25, 0.3) is 0 Å². The van der Waals surface area contributed by atoms with E-state index < -0.39 is 11.8 Å². The van der Waals surface area contributed by atoms with E-state index in [2.05, 4.69) is 38.4 Å². The second-order valence-corrected chi connectivity index (χ2v) is 12.5. The quantitative estimate of drug-likeness (QED) is 0.160. The van der Waals surface area contributed by atoms with E-state index >= 15 is 0 Å². The molecule has 1 aliphatic heterocycles. The number of rotatable bonds is 10. The molecule has 0 aliphatic carbocycles. The third-order valence-electron chi connectivity index (χ3n) is 8.30. The van der Waals surface area contributed by atoms with Crippen LogP contribution in [0.4, 0.5) is 4.39 Å². The first kappa shape index (κ1) is 30.8. The Hall–Kier alpha value is -4.21. The molecule has 1 fully saturated rings. The van der Waals surface area contributed by atoms with Crippen LogP contribution in [-0.2, 0) is 17.8 Å². The molecule has 8 nitrogen and oxygen atoms in total. The number of H-pyrrole nitrogens is 1. The molecule has 45 heavy (non-hydrogen) atoms. The Morgan fingerprint density at radius 2 is 1.89 bits per heavy atom. The topological polar surface area (TPSA) is 85.3 Å². The molecule has 0 amide bonds. The van der Waals surface area contributed by atoms with Crippen LogP contribution in [0, 0.1) is 17.7 Å². The van der Waals surface area contributed by atoms with Gasteiger partial charge in [0.15, 0.2) is 0 Å². The van der Waals surface area contributed by atoms with Crippen molar-refractivity contribution in [1.82, 2.24) is 24.9 Å². The minimum Gasteiger partial charge on any atom is -0.496 e. The van der Waals surface area contributed by atoms with Crippen LogP contribution in [0.5, 0.6) is 5.75 Å². The van der Waals surface area contributed by atoms with Crippen molar-refractivity contribution in [2.24, 2.45) is 11.8 Å². The second kappa shape index (κ2) is 13.4. The molecule has 0 atom stereocenters. The van der Waals surface area contributed by atoms with E-state index in [1.807, 2.05) is 49.0 Å². The van der Waals surface area contributed by atoms with E-state index in [0.29, 0.717) is 39.6 Å². The van der Waals surface area contributed by atoms with Crippen LogP contribution in [0.15, 0.2) is 66.9 Å². The van der Waals surface area contributed by atoms with Gasteiger partial charge in [0.2, 0.25) is 0 Å². The van der Waals surface area contributed by atoms with Crippen molar-refractivity contribution in [3.8, 4) is 28.1 Å². The highest BCUT2D eigenvalue weighted by Gasteiger charge is 2.25. The Balaban J connectivity index is 1.10. The number of halogens is 2. The monoisotopic (exact) mass is 629 g/mol. The van der Waals surface area contributed by atoms with Crippen LogP contribution in [0.2, 0.25) is 5.02 Å². The van der Waals surface area contributed by atoms with E-state index in [-0.39, 0.29) is 18.2 Å². The molecule has 10 heteroatoms. The summed E-state index contributed by atoms with van der Waals surface area (Å²) in [5, 5.41) is 10.1. The number of aromatic nitrogens is 4. The van der Waals surface area contributed by atoms with Crippen molar-refractivity contribution in [2.75, 3.05) is 26.8 Å². The smallest absolute Gasteiger partial charge is 0.355 e. The van der Waals surface area contributed by atoms with Crippen molar-refractivity contribution in [1.29, 1.82) is 0 Å². The van der Waals surface area contributed by atoms with Crippen LogP contribution in [-0.4, -0.2) is 57.7 Å². The second-order valence-electron chi connectivity index (χ2n) is 12.1. The first-order valence-corrected chi connectivity index (χ1v) is 15.7. The van der Waals surface area contributed by atoms with E-state index in [1.165, 1.54) is 17.7 Å². The lowest BCUT2D eigenvalue weighted by Gasteiger charge is -2.32. The van der Waals surface area contributed by atoms with E-state index in [9.17, 15) is 9.18 Å². The summed E-state index contributed by atoms with van der Waals surface area (Å²) in [7, 11) is 1.67. The number of hydrogen-bond donors (Lipinski definition) is 1. The Morgan fingerprint density at radius 3 is 2.64 bits per heavy atom. The number of hydrogen-bond acceptors (Lipinski definition) is 6. The Labute approximate surface area is 267 Å². The summed E-state index contributed by atoms with van der Waals surface area (Å²) >= 11 is 6.72. The fraction of sp³-hybridized carbons (Fsp3) is 0.343. The number of benzene rings is 3. The zero-order valence-electron chi connectivity index (χ0n) is 25.7. The standard InChI is InChI=1S/C35H37ClFN5O3/c1-22(2)21-45-35(43)34-33(28-17-25(37)9-11-30(28)38-34)31-20-42(40-39-31)19-23-12-14-41(15-13-23)18-24-8-10-26(29(36)16-24)27-6-4-5-7-32(27)44-3/h4-11,16-17,20,22-23,38H,12-15,18-19,21H2,1-3H3. The van der Waals surface area contributed by atoms with Gasteiger partial charge in [-0.15, -0.1) is 5.10 Å². The van der Waals surface area contributed by atoms with Gasteiger partial charge >= 0.3 is 5.97 Å². The number of carbonyl (C=O) groups excluding carboxylic acids is 1. The third-order valence-corrected chi connectivity index (χ3v) is 8.61. The van der Waals surface area contributed by atoms with Crippen molar-refractivity contribution < 1.29 is 18.7 Å². The van der Waals surface area contributed by atoms with Gasteiger partial charge in [0, 0.05) is 45.7 Å². The molecule has 1 aliphatic rings. The minimum absolute atomic E-state index is 0.189. The zero-order chi connectivity index (χ0) is 31.5. The summed E-state index contributed by atoms with van der Waals surface area (Å²) < 4.78 is 27.1. The molecule has 0 bridgehead atoms. The Kier molecular flexibility index (Phi) is 9.19. The number of nitrogens with zero attached hydrogens (tertiary/aromatic N) is 4. The highest BCUT2D eigenvalue weighted by atomic mass is 35.5. The SMILES string of the molecule is COc1ccccc1-c1ccc(CN2CCC(Cn3cc(-c4c(C(=O)OCC(C)C)[nH]c5ccc(F)cc45)nn3)CC2)cc1Cl. The molecule has 2 aromatic heterocycles. The molecule has 1 saturated heterocycles. The summed E-state index contributed by atoms with van der Waals surface area (Å²) in [4.78, 5) is 18.6. The fourth-order valence-electron chi connectivity index (χ4n) is 5.99. The maximum absolute atomic E-state index is 14.2. The van der Waals surface area contributed by atoms with Gasteiger partial charge in [-0.05, 0) is 73.7 Å². The molecular formula is C35H37ClFN5O3. The fourth-order valence-corrected chi connectivity index (χ4v) is 6.30. The first-order chi connectivity index (χ1) is 21.8. The van der Waals surface area contributed by atoms with E-state index in [0.717, 1.165) is 49.4 Å². The average molecular weight is 630 g/mol. The van der Waals surface area contributed by atoms with Gasteiger partial charge < -0.3 is 14.5 Å². The van der Waals surface area contributed by atoms with Crippen molar-refractivity contribution >= 4 is 28.5 Å². The summed E-state index contributed by atoms with van der Waals surface area (Å²) in [6, 6.07) is 18.5. The number of para-hydroxylation sites is 1. The highest BCUT2D eigenvalue weighted by Crippen LogP contribution is 2.36. The molecule has 3 heterocycles. The van der Waals surface area contributed by atoms with Crippen molar-refractivity contribution in [3.63, 3.8) is 0 Å². The summed E-state index contributed by atoms with van der Waals surface area (Å²) in [6.07, 6.45) is 3.88. The summed E-state index contributed by atoms with van der Waals surface area (Å²) in [5.41, 5.74) is 5.03. The third kappa shape index (κ3) is 6.89. The maximum atomic E-state index is 14.2. The number of methoxy groups -OCH3 is 1. The number of ether oxygens (including phenoxy) is 2. The number of nitrogens with one attached hydrogen (secondary N) is 1. The molecule has 0 radical (unpaired) electrons. The molecular weight excluding hydrogens is 593 g/mol. The number of aromatic amines is 1. The van der Waals surface area contributed by atoms with Crippen LogP contribution in [0.1, 0.15) is 42.7 Å². The molecule has 234 valence electrons. The van der Waals surface area contributed by atoms with Crippen LogP contribution < -0.4 is 4.74 Å². The number of likely N-dealkylation sites (tertiary alicyclic amines) is 1. The normalized spacial score (nSPS) is 14.4. The van der Waals surface area contributed by atoms with E-state index in [4.69, 9.17) is 21.1 Å². The highest BCUT2D eigenvalue weighted by molar-refractivity contribution is 6.33. The van der Waals surface area contributed by atoms with Crippen LogP contribution in [0.3, 0.4) is 0 Å². The zero-order valence-corrected chi connectivity index (χ0v) is 26.5. The molecule has 6 rings (SSSR count). The van der Waals surface area contributed by atoms with Crippen molar-refractivity contribution in [2.45, 2.75) is 39.8 Å². The van der Waals surface area contributed by atoms with Gasteiger partial charge in [0.05, 0.1) is 19.9 Å². The first-order valence-electron chi connectivity index (χ1n) is 15.3. The van der Waals surface area contributed by atoms with Gasteiger partial charge in [-0.1, -0.05) is 61.0 Å². The Bertz CT molecular complexity index is 1810. The number of esters is 1. The van der Waals surface area contributed by atoms with Gasteiger partial charge in [-0.2, -0.15) is 0 Å².